The first-order valence-electron chi connectivity index (χ1n) is 5.43. The molecular formula is C10H24N2O2. The zero-order chi connectivity index (χ0) is 10.8. The van der Waals surface area contributed by atoms with Gasteiger partial charge in [0.1, 0.15) is 0 Å². The van der Waals surface area contributed by atoms with E-state index in [1.807, 2.05) is 6.92 Å². The van der Waals surface area contributed by atoms with Gasteiger partial charge in [0.2, 0.25) is 0 Å². The molecule has 0 saturated carbocycles. The van der Waals surface area contributed by atoms with Crippen molar-refractivity contribution in [1.29, 1.82) is 0 Å². The number of hydrogen-bond donors (Lipinski definition) is 2. The summed E-state index contributed by atoms with van der Waals surface area (Å²) in [5.41, 5.74) is 5.59. The molecule has 0 aliphatic rings. The number of aliphatic hydroxyl groups excluding tert-OH is 1. The lowest BCUT2D eigenvalue weighted by atomic mass is 10.3. The van der Waals surface area contributed by atoms with Crippen LogP contribution in [0.1, 0.15) is 20.3 Å². The van der Waals surface area contributed by atoms with E-state index >= 15 is 0 Å². The average molecular weight is 204 g/mol. The maximum Gasteiger partial charge on any atom is 0.0823 e. The van der Waals surface area contributed by atoms with Crippen molar-refractivity contribution in [2.75, 3.05) is 39.4 Å². The molecule has 3 N–H and O–H groups in total. The highest BCUT2D eigenvalue weighted by atomic mass is 16.5. The molecule has 0 radical (unpaired) electrons. The second-order valence-corrected chi connectivity index (χ2v) is 3.28. The van der Waals surface area contributed by atoms with E-state index in [9.17, 15) is 0 Å². The van der Waals surface area contributed by atoms with E-state index in [2.05, 4.69) is 11.8 Å². The number of hydrogen-bond acceptors (Lipinski definition) is 4. The predicted molar refractivity (Wildman–Crippen MR) is 58.3 cm³/mol. The van der Waals surface area contributed by atoms with Crippen LogP contribution in [0, 0.1) is 0 Å². The van der Waals surface area contributed by atoms with Gasteiger partial charge in [-0.3, -0.25) is 0 Å². The predicted octanol–water partition coefficient (Wildman–Crippen LogP) is 0.0545. The lowest BCUT2D eigenvalue weighted by molar-refractivity contribution is 0.0390. The Kier molecular flexibility index (Phi) is 9.29. The number of aliphatic hydroxyl groups is 1. The van der Waals surface area contributed by atoms with Gasteiger partial charge < -0.3 is 20.5 Å². The van der Waals surface area contributed by atoms with E-state index in [-0.39, 0.29) is 12.7 Å². The van der Waals surface area contributed by atoms with Gasteiger partial charge in [0.05, 0.1) is 6.10 Å². The third-order valence-electron chi connectivity index (χ3n) is 2.21. The van der Waals surface area contributed by atoms with E-state index in [0.717, 1.165) is 26.1 Å². The monoisotopic (exact) mass is 204 g/mol. The molecule has 0 aromatic carbocycles. The lowest BCUT2D eigenvalue weighted by Crippen LogP contribution is -2.39. The third-order valence-corrected chi connectivity index (χ3v) is 2.21. The van der Waals surface area contributed by atoms with Crippen LogP contribution in [0.4, 0.5) is 0 Å². The lowest BCUT2D eigenvalue weighted by Gasteiger charge is -2.25. The molecule has 0 aliphatic carbocycles. The Balaban J connectivity index is 3.75. The van der Waals surface area contributed by atoms with Crippen molar-refractivity contribution < 1.29 is 9.84 Å². The second-order valence-electron chi connectivity index (χ2n) is 3.28. The van der Waals surface area contributed by atoms with Crippen molar-refractivity contribution >= 4 is 0 Å². The molecule has 0 saturated heterocycles. The quantitative estimate of drug-likeness (QED) is 0.557. The summed E-state index contributed by atoms with van der Waals surface area (Å²) in [6, 6.07) is 0. The van der Waals surface area contributed by atoms with Gasteiger partial charge in [0, 0.05) is 32.8 Å². The van der Waals surface area contributed by atoms with Crippen LogP contribution in [-0.4, -0.2) is 55.5 Å². The van der Waals surface area contributed by atoms with E-state index in [0.29, 0.717) is 13.2 Å². The van der Waals surface area contributed by atoms with Crippen LogP contribution in [-0.2, 0) is 4.74 Å². The first-order chi connectivity index (χ1) is 6.78. The van der Waals surface area contributed by atoms with Gasteiger partial charge >= 0.3 is 0 Å². The van der Waals surface area contributed by atoms with Crippen LogP contribution in [0.15, 0.2) is 0 Å². The molecule has 0 rings (SSSR count). The van der Waals surface area contributed by atoms with Crippen molar-refractivity contribution in [2.45, 2.75) is 26.4 Å². The van der Waals surface area contributed by atoms with Crippen molar-refractivity contribution in [3.05, 3.63) is 0 Å². The van der Waals surface area contributed by atoms with Gasteiger partial charge in [0.25, 0.3) is 0 Å². The standard InChI is InChI=1S/C10H24N2O2/c1-3-12(6-5-7-13)9-10(8-11)14-4-2/h10,13H,3-9,11H2,1-2H3. The normalized spacial score (nSPS) is 13.5. The minimum absolute atomic E-state index is 0.124. The Labute approximate surface area is 87.0 Å². The van der Waals surface area contributed by atoms with Crippen LogP contribution < -0.4 is 5.73 Å². The van der Waals surface area contributed by atoms with Gasteiger partial charge in [-0.25, -0.2) is 0 Å². The van der Waals surface area contributed by atoms with Gasteiger partial charge in [-0.15, -0.1) is 0 Å². The molecule has 0 amide bonds. The first kappa shape index (κ1) is 13.8. The first-order valence-corrected chi connectivity index (χ1v) is 5.43. The highest BCUT2D eigenvalue weighted by Gasteiger charge is 2.10. The largest absolute Gasteiger partial charge is 0.396 e. The zero-order valence-electron chi connectivity index (χ0n) is 9.41. The van der Waals surface area contributed by atoms with Crippen molar-refractivity contribution in [1.82, 2.24) is 4.90 Å². The fourth-order valence-electron chi connectivity index (χ4n) is 1.39. The minimum Gasteiger partial charge on any atom is -0.396 e. The van der Waals surface area contributed by atoms with E-state index in [1.54, 1.807) is 0 Å². The van der Waals surface area contributed by atoms with Gasteiger partial charge in [-0.05, 0) is 19.9 Å². The summed E-state index contributed by atoms with van der Waals surface area (Å²) in [7, 11) is 0. The van der Waals surface area contributed by atoms with Crippen LogP contribution in [0.5, 0.6) is 0 Å². The molecule has 4 heteroatoms. The average Bonchev–Trinajstić information content (AvgIpc) is 2.22. The summed E-state index contributed by atoms with van der Waals surface area (Å²) >= 11 is 0. The Morgan fingerprint density at radius 2 is 2.14 bits per heavy atom. The fraction of sp³-hybridized carbons (Fsp3) is 1.00. The smallest absolute Gasteiger partial charge is 0.0823 e. The number of rotatable bonds is 9. The summed E-state index contributed by atoms with van der Waals surface area (Å²) in [6.45, 7) is 8.35. The molecule has 86 valence electrons. The molecule has 0 fully saturated rings. The fourth-order valence-corrected chi connectivity index (χ4v) is 1.39. The molecule has 0 spiro atoms. The topological polar surface area (TPSA) is 58.7 Å². The minimum atomic E-state index is 0.124. The van der Waals surface area contributed by atoms with Gasteiger partial charge in [-0.1, -0.05) is 6.92 Å². The van der Waals surface area contributed by atoms with Crippen LogP contribution in [0.3, 0.4) is 0 Å². The highest BCUT2D eigenvalue weighted by molar-refractivity contribution is 4.65. The number of nitrogens with zero attached hydrogens (tertiary/aromatic N) is 1. The van der Waals surface area contributed by atoms with E-state index in [4.69, 9.17) is 15.6 Å². The summed E-state index contributed by atoms with van der Waals surface area (Å²) in [5, 5.41) is 8.72. The number of nitrogens with two attached hydrogens (primary N) is 1. The van der Waals surface area contributed by atoms with E-state index < -0.39 is 0 Å². The van der Waals surface area contributed by atoms with E-state index in [1.165, 1.54) is 0 Å². The van der Waals surface area contributed by atoms with Crippen molar-refractivity contribution in [2.24, 2.45) is 5.73 Å². The molecule has 0 heterocycles. The maximum atomic E-state index is 8.72. The molecule has 0 aromatic heterocycles. The van der Waals surface area contributed by atoms with Crippen LogP contribution in [0.2, 0.25) is 0 Å². The Bertz CT molecular complexity index is 123. The third kappa shape index (κ3) is 6.32. The Morgan fingerprint density at radius 3 is 2.57 bits per heavy atom. The maximum absolute atomic E-state index is 8.72. The van der Waals surface area contributed by atoms with Gasteiger partial charge in [-0.2, -0.15) is 0 Å². The zero-order valence-corrected chi connectivity index (χ0v) is 9.41. The molecular weight excluding hydrogens is 180 g/mol. The van der Waals surface area contributed by atoms with Gasteiger partial charge in [0.15, 0.2) is 0 Å². The van der Waals surface area contributed by atoms with Crippen LogP contribution in [0.25, 0.3) is 0 Å². The summed E-state index contributed by atoms with van der Waals surface area (Å²) in [5.74, 6) is 0. The molecule has 14 heavy (non-hydrogen) atoms. The van der Waals surface area contributed by atoms with Crippen molar-refractivity contribution in [3.8, 4) is 0 Å². The second kappa shape index (κ2) is 9.40. The molecule has 0 aliphatic heterocycles. The molecule has 1 unspecified atom stereocenters. The molecule has 1 atom stereocenters. The summed E-state index contributed by atoms with van der Waals surface area (Å²) in [6.07, 6.45) is 0.940. The Morgan fingerprint density at radius 1 is 1.43 bits per heavy atom. The molecule has 0 bridgehead atoms. The molecule has 0 aromatic rings. The van der Waals surface area contributed by atoms with Crippen LogP contribution >= 0.6 is 0 Å². The highest BCUT2D eigenvalue weighted by Crippen LogP contribution is 1.97. The summed E-state index contributed by atoms with van der Waals surface area (Å²) in [4.78, 5) is 2.25. The summed E-state index contributed by atoms with van der Waals surface area (Å²) < 4.78 is 5.47. The number of likely N-dealkylation sites (N-methyl/N-ethyl adjacent to an activating group) is 1. The SMILES string of the molecule is CCOC(CN)CN(CC)CCCO. The van der Waals surface area contributed by atoms with Crippen molar-refractivity contribution in [3.63, 3.8) is 0 Å². The Hall–Kier alpha value is -0.160. The molecule has 4 nitrogen and oxygen atoms in total. The number of ether oxygens (including phenoxy) is 1.